The van der Waals surface area contributed by atoms with Gasteiger partial charge in [-0.05, 0) is 60.4 Å². The van der Waals surface area contributed by atoms with Gasteiger partial charge in [0.15, 0.2) is 0 Å². The van der Waals surface area contributed by atoms with E-state index in [4.69, 9.17) is 5.84 Å². The Morgan fingerprint density at radius 1 is 1.00 bits per heavy atom. The van der Waals surface area contributed by atoms with Crippen LogP contribution < -0.4 is 11.3 Å². The first kappa shape index (κ1) is 14.3. The number of hydrogen-bond acceptors (Lipinski definition) is 2. The number of rotatable bonds is 4. The first-order valence-corrected chi connectivity index (χ1v) is 7.82. The van der Waals surface area contributed by atoms with Gasteiger partial charge in [0.25, 0.3) is 0 Å². The summed E-state index contributed by atoms with van der Waals surface area (Å²) in [6, 6.07) is 15.5. The van der Waals surface area contributed by atoms with Crippen LogP contribution in [0.25, 0.3) is 0 Å². The summed E-state index contributed by atoms with van der Waals surface area (Å²) < 4.78 is 0. The number of hydrogen-bond donors (Lipinski definition) is 2. The van der Waals surface area contributed by atoms with E-state index in [1.54, 1.807) is 0 Å². The van der Waals surface area contributed by atoms with Crippen molar-refractivity contribution in [1.82, 2.24) is 5.43 Å². The Morgan fingerprint density at radius 3 is 2.38 bits per heavy atom. The zero-order valence-electron chi connectivity index (χ0n) is 12.9. The molecule has 0 bridgehead atoms. The van der Waals surface area contributed by atoms with Crippen molar-refractivity contribution in [1.29, 1.82) is 0 Å². The minimum absolute atomic E-state index is 0.0596. The second kappa shape index (κ2) is 6.00. The normalized spacial score (nSPS) is 16.5. The first-order valence-electron chi connectivity index (χ1n) is 7.82. The lowest BCUT2D eigenvalue weighted by molar-refractivity contribution is 0.419. The second-order valence-electron chi connectivity index (χ2n) is 6.24. The molecule has 1 saturated carbocycles. The summed E-state index contributed by atoms with van der Waals surface area (Å²) in [5.74, 6) is 6.60. The number of nitrogens with two attached hydrogens (primary N) is 1. The third-order valence-electron chi connectivity index (χ3n) is 4.85. The Labute approximate surface area is 127 Å². The number of aryl methyl sites for hydroxylation is 2. The van der Waals surface area contributed by atoms with Crippen LogP contribution >= 0.6 is 0 Å². The molecule has 1 unspecified atom stereocenters. The van der Waals surface area contributed by atoms with Crippen molar-refractivity contribution >= 4 is 0 Å². The summed E-state index contributed by atoms with van der Waals surface area (Å²) in [5.41, 5.74) is 9.55. The van der Waals surface area contributed by atoms with E-state index in [9.17, 15) is 0 Å². The summed E-state index contributed by atoms with van der Waals surface area (Å²) in [7, 11) is 0. The van der Waals surface area contributed by atoms with Crippen LogP contribution in [0.1, 0.15) is 59.0 Å². The molecular formula is C19H24N2. The van der Waals surface area contributed by atoms with E-state index >= 15 is 0 Å². The molecule has 0 heterocycles. The third-order valence-corrected chi connectivity index (χ3v) is 4.85. The lowest BCUT2D eigenvalue weighted by Crippen LogP contribution is -2.29. The number of nitrogens with one attached hydrogen (secondary N) is 1. The highest BCUT2D eigenvalue weighted by Gasteiger charge is 2.21. The summed E-state index contributed by atoms with van der Waals surface area (Å²) in [5, 5.41) is 0. The monoisotopic (exact) mass is 280 g/mol. The molecule has 1 fully saturated rings. The Morgan fingerprint density at radius 2 is 1.76 bits per heavy atom. The van der Waals surface area contributed by atoms with E-state index in [0.29, 0.717) is 0 Å². The molecule has 2 aromatic rings. The van der Waals surface area contributed by atoms with Crippen molar-refractivity contribution in [2.45, 2.75) is 45.1 Å². The van der Waals surface area contributed by atoms with Crippen molar-refractivity contribution in [3.8, 4) is 0 Å². The van der Waals surface area contributed by atoms with E-state index in [1.807, 2.05) is 0 Å². The van der Waals surface area contributed by atoms with Crippen molar-refractivity contribution in [3.63, 3.8) is 0 Å². The van der Waals surface area contributed by atoms with Gasteiger partial charge in [0.2, 0.25) is 0 Å². The molecule has 0 amide bonds. The van der Waals surface area contributed by atoms with Crippen LogP contribution in [-0.4, -0.2) is 0 Å². The summed E-state index contributed by atoms with van der Waals surface area (Å²) in [6.07, 6.45) is 4.02. The van der Waals surface area contributed by atoms with Crippen molar-refractivity contribution < 1.29 is 0 Å². The standard InChI is InChI=1S/C19H24N2/c1-13-9-10-18(11-14(13)2)19(21-20)17-8-4-7-16(12-17)15-5-3-6-15/h4,7-12,15,19,21H,3,5-6,20H2,1-2H3. The highest BCUT2D eigenvalue weighted by molar-refractivity contribution is 5.39. The molecule has 2 heteroatoms. The van der Waals surface area contributed by atoms with Crippen molar-refractivity contribution in [2.24, 2.45) is 5.84 Å². The van der Waals surface area contributed by atoms with Gasteiger partial charge in [-0.3, -0.25) is 5.84 Å². The van der Waals surface area contributed by atoms with Crippen LogP contribution in [0.2, 0.25) is 0 Å². The van der Waals surface area contributed by atoms with E-state index in [-0.39, 0.29) is 6.04 Å². The van der Waals surface area contributed by atoms with Gasteiger partial charge in [-0.15, -0.1) is 0 Å². The Hall–Kier alpha value is -1.64. The molecule has 0 aromatic heterocycles. The molecule has 0 saturated heterocycles. The molecule has 2 nitrogen and oxygen atoms in total. The van der Waals surface area contributed by atoms with Gasteiger partial charge in [0, 0.05) is 0 Å². The fraction of sp³-hybridized carbons (Fsp3) is 0.368. The van der Waals surface area contributed by atoms with Gasteiger partial charge in [-0.2, -0.15) is 0 Å². The minimum atomic E-state index is 0.0596. The van der Waals surface area contributed by atoms with Gasteiger partial charge >= 0.3 is 0 Å². The average molecular weight is 280 g/mol. The molecule has 3 N–H and O–H groups in total. The van der Waals surface area contributed by atoms with Crippen molar-refractivity contribution in [3.05, 3.63) is 70.3 Å². The zero-order valence-corrected chi connectivity index (χ0v) is 12.9. The third kappa shape index (κ3) is 2.87. The van der Waals surface area contributed by atoms with E-state index in [0.717, 1.165) is 5.92 Å². The van der Waals surface area contributed by atoms with Gasteiger partial charge < -0.3 is 0 Å². The maximum absolute atomic E-state index is 5.85. The molecule has 110 valence electrons. The zero-order chi connectivity index (χ0) is 14.8. The predicted molar refractivity (Wildman–Crippen MR) is 88.1 cm³/mol. The summed E-state index contributed by atoms with van der Waals surface area (Å²) in [6.45, 7) is 4.29. The van der Waals surface area contributed by atoms with Crippen LogP contribution in [0.5, 0.6) is 0 Å². The molecule has 0 aliphatic heterocycles. The first-order chi connectivity index (χ1) is 10.2. The maximum Gasteiger partial charge on any atom is 0.0710 e. The van der Waals surface area contributed by atoms with Crippen LogP contribution in [-0.2, 0) is 0 Å². The van der Waals surface area contributed by atoms with Gasteiger partial charge in [0.1, 0.15) is 0 Å². The predicted octanol–water partition coefficient (Wildman–Crippen LogP) is 4.12. The van der Waals surface area contributed by atoms with Crippen LogP contribution in [0, 0.1) is 13.8 Å². The SMILES string of the molecule is Cc1ccc(C(NN)c2cccc(C3CCC3)c2)cc1C. The molecule has 1 aliphatic rings. The van der Waals surface area contributed by atoms with Crippen LogP contribution in [0.4, 0.5) is 0 Å². The number of benzene rings is 2. The van der Waals surface area contributed by atoms with E-state index < -0.39 is 0 Å². The highest BCUT2D eigenvalue weighted by atomic mass is 15.2. The largest absolute Gasteiger partial charge is 0.271 e. The van der Waals surface area contributed by atoms with Crippen LogP contribution in [0.15, 0.2) is 42.5 Å². The van der Waals surface area contributed by atoms with E-state index in [2.05, 4.69) is 61.7 Å². The quantitative estimate of drug-likeness (QED) is 0.653. The molecule has 2 aromatic carbocycles. The Kier molecular flexibility index (Phi) is 4.09. The molecule has 3 rings (SSSR count). The summed E-state index contributed by atoms with van der Waals surface area (Å²) in [4.78, 5) is 0. The van der Waals surface area contributed by atoms with Crippen molar-refractivity contribution in [2.75, 3.05) is 0 Å². The van der Waals surface area contributed by atoms with E-state index in [1.165, 1.54) is 47.1 Å². The Bertz CT molecular complexity index is 629. The topological polar surface area (TPSA) is 38.0 Å². The lowest BCUT2D eigenvalue weighted by atomic mass is 9.79. The molecule has 1 aliphatic carbocycles. The second-order valence-corrected chi connectivity index (χ2v) is 6.24. The fourth-order valence-electron chi connectivity index (χ4n) is 3.06. The molecule has 21 heavy (non-hydrogen) atoms. The number of hydrazine groups is 1. The fourth-order valence-corrected chi connectivity index (χ4v) is 3.06. The minimum Gasteiger partial charge on any atom is -0.271 e. The molecule has 0 radical (unpaired) electrons. The smallest absolute Gasteiger partial charge is 0.0710 e. The van der Waals surface area contributed by atoms with Gasteiger partial charge in [-0.1, -0.05) is 48.9 Å². The summed E-state index contributed by atoms with van der Waals surface area (Å²) >= 11 is 0. The van der Waals surface area contributed by atoms with Crippen LogP contribution in [0.3, 0.4) is 0 Å². The molecule has 0 spiro atoms. The highest BCUT2D eigenvalue weighted by Crippen LogP contribution is 2.37. The van der Waals surface area contributed by atoms with Gasteiger partial charge in [-0.25, -0.2) is 5.43 Å². The molecular weight excluding hydrogens is 256 g/mol. The van der Waals surface area contributed by atoms with Gasteiger partial charge in [0.05, 0.1) is 6.04 Å². The lowest BCUT2D eigenvalue weighted by Gasteiger charge is -2.27. The average Bonchev–Trinajstić information content (AvgIpc) is 2.42. The Balaban J connectivity index is 1.93. The maximum atomic E-state index is 5.85. The molecule has 1 atom stereocenters.